The van der Waals surface area contributed by atoms with Gasteiger partial charge in [0.15, 0.2) is 4.90 Å². The van der Waals surface area contributed by atoms with Gasteiger partial charge in [-0.3, -0.25) is 19.1 Å². The number of hydrogen-bond donors (Lipinski definition) is 0. The van der Waals surface area contributed by atoms with Gasteiger partial charge in [0.05, 0.1) is 17.7 Å². The van der Waals surface area contributed by atoms with Gasteiger partial charge in [-0.05, 0) is 29.0 Å². The van der Waals surface area contributed by atoms with E-state index in [4.69, 9.17) is 8.92 Å². The molecule has 0 saturated carbocycles. The van der Waals surface area contributed by atoms with Crippen LogP contribution in [0, 0.1) is 20.2 Å². The monoisotopic (exact) mass is 495 g/mol. The highest BCUT2D eigenvalue weighted by atomic mass is 32.2. The lowest BCUT2D eigenvalue weighted by Crippen LogP contribution is -2.22. The summed E-state index contributed by atoms with van der Waals surface area (Å²) in [7, 11) is -4.63. The van der Waals surface area contributed by atoms with E-state index in [9.17, 15) is 33.4 Å². The summed E-state index contributed by atoms with van der Waals surface area (Å²) in [5.41, 5.74) is -0.754. The van der Waals surface area contributed by atoms with Gasteiger partial charge in [-0.15, -0.1) is 5.10 Å². The molecule has 0 N–H and O–H groups in total. The van der Waals surface area contributed by atoms with E-state index in [1.54, 1.807) is 0 Å². The van der Waals surface area contributed by atoms with E-state index >= 15 is 0 Å². The minimum atomic E-state index is -4.63. The fourth-order valence-corrected chi connectivity index (χ4v) is 4.07. The summed E-state index contributed by atoms with van der Waals surface area (Å²) < 4.78 is 37.4. The summed E-state index contributed by atoms with van der Waals surface area (Å²) in [6.07, 6.45) is 2.58. The Kier molecular flexibility index (Phi) is 6.97. The largest absolute Gasteiger partial charge is 0.463 e. The summed E-state index contributed by atoms with van der Waals surface area (Å²) >= 11 is 0. The number of esters is 1. The summed E-state index contributed by atoms with van der Waals surface area (Å²) in [4.78, 5) is 34.8. The van der Waals surface area contributed by atoms with Gasteiger partial charge in [0, 0.05) is 6.92 Å². The molecule has 2 aromatic heterocycles. The number of ether oxygens (including phenoxy) is 1. The van der Waals surface area contributed by atoms with Crippen LogP contribution in [-0.2, 0) is 30.4 Å². The maximum absolute atomic E-state index is 12.7. The van der Waals surface area contributed by atoms with Crippen LogP contribution >= 0.6 is 0 Å². The lowest BCUT2D eigenvalue weighted by atomic mass is 10.2. The summed E-state index contributed by atoms with van der Waals surface area (Å²) in [6, 6.07) is 3.52. The molecule has 0 saturated heterocycles. The quantitative estimate of drug-likeness (QED) is 0.167. The molecule has 1 unspecified atom stereocenters. The first-order chi connectivity index (χ1) is 16.0. The smallest absolute Gasteiger partial charge is 0.381 e. The van der Waals surface area contributed by atoms with Crippen molar-refractivity contribution < 1.29 is 32.0 Å². The Balaban J connectivity index is 1.91. The standard InChI is InChI=1S/C17H17N7O9S/c1-11(9-32-12(2)25)33-34(30,31)15-5-3-4-14(17(15)24(28)29)22-7-13(19-20-22)6-21-8-16(18-10-21)23(26)27/h3-5,7-8,10-11H,6,9H2,1-2H3. The van der Waals surface area contributed by atoms with Crippen LogP contribution in [0.4, 0.5) is 11.5 Å². The van der Waals surface area contributed by atoms with Crippen LogP contribution in [0.1, 0.15) is 19.5 Å². The number of benzene rings is 1. The third-order valence-corrected chi connectivity index (χ3v) is 5.63. The molecular weight excluding hydrogens is 478 g/mol. The van der Waals surface area contributed by atoms with Crippen LogP contribution < -0.4 is 0 Å². The van der Waals surface area contributed by atoms with Crippen LogP contribution in [0.25, 0.3) is 5.69 Å². The van der Waals surface area contributed by atoms with Crippen LogP contribution in [0.3, 0.4) is 0 Å². The van der Waals surface area contributed by atoms with E-state index in [1.807, 2.05) is 0 Å². The van der Waals surface area contributed by atoms with Gasteiger partial charge in [-0.2, -0.15) is 8.42 Å². The van der Waals surface area contributed by atoms with Gasteiger partial charge in [0.1, 0.15) is 30.3 Å². The number of nitro benzene ring substituents is 1. The zero-order valence-corrected chi connectivity index (χ0v) is 18.5. The zero-order valence-electron chi connectivity index (χ0n) is 17.7. The normalized spacial score (nSPS) is 12.3. The predicted octanol–water partition coefficient (Wildman–Crippen LogP) is 0.985. The average molecular weight is 495 g/mol. The molecule has 3 aromatic rings. The number of carbonyl (C=O) groups excluding carboxylic acids is 1. The Hall–Kier alpha value is -4.25. The van der Waals surface area contributed by atoms with Gasteiger partial charge >= 0.3 is 27.6 Å². The van der Waals surface area contributed by atoms with Crippen molar-refractivity contribution in [2.75, 3.05) is 6.61 Å². The van der Waals surface area contributed by atoms with Crippen molar-refractivity contribution in [3.05, 3.63) is 62.8 Å². The number of nitro groups is 2. The third kappa shape index (κ3) is 5.56. The van der Waals surface area contributed by atoms with Gasteiger partial charge in [0.25, 0.3) is 0 Å². The van der Waals surface area contributed by atoms with Crippen molar-refractivity contribution in [3.63, 3.8) is 0 Å². The zero-order chi connectivity index (χ0) is 25.0. The number of aromatic nitrogens is 5. The Morgan fingerprint density at radius 3 is 2.56 bits per heavy atom. The van der Waals surface area contributed by atoms with E-state index in [0.29, 0.717) is 0 Å². The maximum atomic E-state index is 12.7. The lowest BCUT2D eigenvalue weighted by Gasteiger charge is -2.13. The van der Waals surface area contributed by atoms with Crippen LogP contribution in [0.2, 0.25) is 0 Å². The van der Waals surface area contributed by atoms with Gasteiger partial charge in [-0.1, -0.05) is 11.3 Å². The first-order valence-corrected chi connectivity index (χ1v) is 10.8. The van der Waals surface area contributed by atoms with E-state index < -0.39 is 42.6 Å². The van der Waals surface area contributed by atoms with Crippen molar-refractivity contribution in [2.24, 2.45) is 0 Å². The molecule has 0 amide bonds. The van der Waals surface area contributed by atoms with Crippen molar-refractivity contribution in [2.45, 2.75) is 31.4 Å². The molecule has 3 rings (SSSR count). The van der Waals surface area contributed by atoms with Crippen LogP contribution in [-0.4, -0.2) is 61.5 Å². The molecular formula is C17H17N7O9S. The molecule has 1 aromatic carbocycles. The second kappa shape index (κ2) is 9.71. The molecule has 0 aliphatic carbocycles. The molecule has 1 atom stereocenters. The molecule has 16 nitrogen and oxygen atoms in total. The summed E-state index contributed by atoms with van der Waals surface area (Å²) in [6.45, 7) is 2.10. The van der Waals surface area contributed by atoms with Crippen molar-refractivity contribution in [1.29, 1.82) is 0 Å². The molecule has 0 aliphatic heterocycles. The van der Waals surface area contributed by atoms with E-state index in [1.165, 1.54) is 42.3 Å². The number of carbonyl (C=O) groups is 1. The Labute approximate surface area is 191 Å². The molecule has 34 heavy (non-hydrogen) atoms. The lowest BCUT2D eigenvalue weighted by molar-refractivity contribution is -0.389. The fourth-order valence-electron chi connectivity index (χ4n) is 2.82. The highest BCUT2D eigenvalue weighted by Gasteiger charge is 2.32. The number of imidazole rings is 1. The van der Waals surface area contributed by atoms with E-state index in [2.05, 4.69) is 15.3 Å². The third-order valence-electron chi connectivity index (χ3n) is 4.18. The second-order valence-electron chi connectivity index (χ2n) is 6.86. The highest BCUT2D eigenvalue weighted by Crippen LogP contribution is 2.32. The highest BCUT2D eigenvalue weighted by molar-refractivity contribution is 7.87. The van der Waals surface area contributed by atoms with Crippen molar-refractivity contribution in [1.82, 2.24) is 24.5 Å². The number of rotatable bonds is 10. The van der Waals surface area contributed by atoms with Crippen LogP contribution in [0.15, 0.2) is 41.8 Å². The minimum Gasteiger partial charge on any atom is -0.463 e. The molecule has 17 heteroatoms. The molecule has 0 aliphatic rings. The van der Waals surface area contributed by atoms with E-state index in [0.717, 1.165) is 17.7 Å². The molecule has 0 fully saturated rings. The topological polar surface area (TPSA) is 204 Å². The van der Waals surface area contributed by atoms with Crippen LogP contribution in [0.5, 0.6) is 0 Å². The van der Waals surface area contributed by atoms with Crippen molar-refractivity contribution >= 4 is 27.6 Å². The molecule has 0 bridgehead atoms. The molecule has 0 spiro atoms. The van der Waals surface area contributed by atoms with Gasteiger partial charge in [0.2, 0.25) is 6.33 Å². The Morgan fingerprint density at radius 1 is 1.21 bits per heavy atom. The minimum absolute atomic E-state index is 0.0173. The SMILES string of the molecule is CC(=O)OCC(C)OS(=O)(=O)c1cccc(-n2cc(Cn3cnc([N+](=O)[O-])c3)nn2)c1[N+](=O)[O-]. The summed E-state index contributed by atoms with van der Waals surface area (Å²) in [5.74, 6) is -1.02. The fraction of sp³-hybridized carbons (Fsp3) is 0.294. The first kappa shape index (κ1) is 24.4. The Morgan fingerprint density at radius 2 is 1.94 bits per heavy atom. The molecule has 180 valence electrons. The summed E-state index contributed by atoms with van der Waals surface area (Å²) in [5, 5.41) is 30.2. The van der Waals surface area contributed by atoms with Crippen molar-refractivity contribution in [3.8, 4) is 5.69 Å². The van der Waals surface area contributed by atoms with Gasteiger partial charge in [-0.25, -0.2) is 4.68 Å². The number of hydrogen-bond acceptors (Lipinski definition) is 12. The Bertz CT molecular complexity index is 1350. The number of para-hydroxylation sites is 1. The second-order valence-corrected chi connectivity index (χ2v) is 8.40. The van der Waals surface area contributed by atoms with Gasteiger partial charge < -0.3 is 19.4 Å². The average Bonchev–Trinajstić information content (AvgIpc) is 3.41. The maximum Gasteiger partial charge on any atom is 0.381 e. The molecule has 2 heterocycles. The van der Waals surface area contributed by atoms with E-state index in [-0.39, 0.29) is 30.4 Å². The number of nitrogens with zero attached hydrogens (tertiary/aromatic N) is 7. The predicted molar refractivity (Wildman–Crippen MR) is 110 cm³/mol. The molecule has 0 radical (unpaired) electrons. The first-order valence-electron chi connectivity index (χ1n) is 9.39.